The summed E-state index contributed by atoms with van der Waals surface area (Å²) in [5, 5.41) is 6.52. The monoisotopic (exact) mass is 439 g/mol. The quantitative estimate of drug-likeness (QED) is 0.387. The van der Waals surface area contributed by atoms with E-state index in [-0.39, 0.29) is 34.5 Å². The zero-order valence-corrected chi connectivity index (χ0v) is 16.9. The molecule has 1 aromatic rings. The Morgan fingerprint density at radius 2 is 2.05 bits per heavy atom. The van der Waals surface area contributed by atoms with Gasteiger partial charge >= 0.3 is 0 Å². The summed E-state index contributed by atoms with van der Waals surface area (Å²) in [6.45, 7) is 8.71. The number of halogens is 2. The summed E-state index contributed by atoms with van der Waals surface area (Å²) < 4.78 is 13.2. The van der Waals surface area contributed by atoms with E-state index >= 15 is 0 Å². The molecule has 0 spiro atoms. The highest BCUT2D eigenvalue weighted by Gasteiger charge is 2.15. The van der Waals surface area contributed by atoms with Gasteiger partial charge in [0.05, 0.1) is 6.54 Å². The van der Waals surface area contributed by atoms with Gasteiger partial charge in [0.1, 0.15) is 5.82 Å². The Bertz CT molecular complexity index is 466. The van der Waals surface area contributed by atoms with Crippen LogP contribution in [0.15, 0.2) is 29.3 Å². The van der Waals surface area contributed by atoms with Crippen molar-refractivity contribution in [2.75, 3.05) is 25.9 Å². The highest BCUT2D eigenvalue weighted by Crippen LogP contribution is 2.20. The molecule has 2 N–H and O–H groups in total. The van der Waals surface area contributed by atoms with Crippen molar-refractivity contribution in [3.05, 3.63) is 35.6 Å². The highest BCUT2D eigenvalue weighted by molar-refractivity contribution is 14.0. The Labute approximate surface area is 155 Å². The average Bonchev–Trinajstić information content (AvgIpc) is 2.45. The van der Waals surface area contributed by atoms with E-state index in [0.717, 1.165) is 37.6 Å². The van der Waals surface area contributed by atoms with Crippen molar-refractivity contribution in [3.8, 4) is 0 Å². The fraction of sp³-hybridized carbons (Fsp3) is 0.562. The molecule has 0 heterocycles. The van der Waals surface area contributed by atoms with Crippen LogP contribution < -0.4 is 10.6 Å². The summed E-state index contributed by atoms with van der Waals surface area (Å²) in [5.74, 6) is 0.630. The molecule has 0 aliphatic carbocycles. The number of rotatable bonds is 7. The van der Waals surface area contributed by atoms with Gasteiger partial charge in [0.25, 0.3) is 0 Å². The fourth-order valence-electron chi connectivity index (χ4n) is 1.69. The molecule has 1 aromatic carbocycles. The smallest absolute Gasteiger partial charge is 0.191 e. The third kappa shape index (κ3) is 8.82. The average molecular weight is 439 g/mol. The molecule has 126 valence electrons. The number of hydrogen-bond donors (Lipinski definition) is 2. The largest absolute Gasteiger partial charge is 0.357 e. The van der Waals surface area contributed by atoms with Gasteiger partial charge < -0.3 is 10.6 Å². The molecule has 0 saturated carbocycles. The normalized spacial score (nSPS) is 11.8. The maximum atomic E-state index is 13.1. The van der Waals surface area contributed by atoms with E-state index in [0.29, 0.717) is 0 Å². The van der Waals surface area contributed by atoms with Crippen LogP contribution in [0.3, 0.4) is 0 Å². The zero-order chi connectivity index (χ0) is 15.7. The lowest BCUT2D eigenvalue weighted by Gasteiger charge is -2.20. The molecular formula is C16H27FIN3S. The minimum absolute atomic E-state index is 0. The van der Waals surface area contributed by atoms with Crippen LogP contribution in [0.25, 0.3) is 0 Å². The lowest BCUT2D eigenvalue weighted by Crippen LogP contribution is -2.39. The van der Waals surface area contributed by atoms with Crippen LogP contribution in [0.5, 0.6) is 0 Å². The maximum absolute atomic E-state index is 13.1. The van der Waals surface area contributed by atoms with E-state index in [4.69, 9.17) is 0 Å². The Balaban J connectivity index is 0.00000441. The summed E-state index contributed by atoms with van der Waals surface area (Å²) in [5.41, 5.74) is 0.989. The van der Waals surface area contributed by atoms with Crippen molar-refractivity contribution in [1.29, 1.82) is 0 Å². The van der Waals surface area contributed by atoms with Crippen LogP contribution >= 0.6 is 35.7 Å². The van der Waals surface area contributed by atoms with Gasteiger partial charge in [0.2, 0.25) is 0 Å². The van der Waals surface area contributed by atoms with E-state index in [2.05, 4.69) is 35.7 Å². The number of hydrogen-bond acceptors (Lipinski definition) is 2. The first-order valence-electron chi connectivity index (χ1n) is 7.28. The van der Waals surface area contributed by atoms with Gasteiger partial charge in [-0.1, -0.05) is 12.1 Å². The van der Waals surface area contributed by atoms with Crippen LogP contribution in [0.1, 0.15) is 26.3 Å². The summed E-state index contributed by atoms with van der Waals surface area (Å²) in [4.78, 5) is 4.60. The van der Waals surface area contributed by atoms with E-state index in [1.807, 2.05) is 13.0 Å². The number of benzene rings is 1. The molecule has 6 heteroatoms. The fourth-order valence-corrected chi connectivity index (χ4v) is 1.89. The maximum Gasteiger partial charge on any atom is 0.191 e. The van der Waals surface area contributed by atoms with Gasteiger partial charge in [-0.2, -0.15) is 11.8 Å². The molecule has 3 nitrogen and oxygen atoms in total. The van der Waals surface area contributed by atoms with Crippen molar-refractivity contribution in [2.45, 2.75) is 31.9 Å². The first-order chi connectivity index (χ1) is 9.96. The van der Waals surface area contributed by atoms with E-state index in [1.54, 1.807) is 23.9 Å². The minimum atomic E-state index is -0.185. The standard InChI is InChI=1S/C16H26FN3S.HI/c1-5-18-15(20-12-16(2,3)21-4)19-10-9-13-7-6-8-14(17)11-13;/h6-8,11H,5,9-10,12H2,1-4H3,(H2,18,19,20);1H. The predicted molar refractivity (Wildman–Crippen MR) is 107 cm³/mol. The summed E-state index contributed by atoms with van der Waals surface area (Å²) in [6, 6.07) is 6.71. The number of thioether (sulfide) groups is 1. The SMILES string of the molecule is CCNC(=NCC(C)(C)SC)NCCc1cccc(F)c1.I. The first kappa shape index (κ1) is 21.5. The second-order valence-electron chi connectivity index (χ2n) is 5.47. The second kappa shape index (κ2) is 11.1. The minimum Gasteiger partial charge on any atom is -0.357 e. The Morgan fingerprint density at radius 1 is 1.32 bits per heavy atom. The zero-order valence-electron chi connectivity index (χ0n) is 13.8. The van der Waals surface area contributed by atoms with Crippen LogP contribution in [0, 0.1) is 5.82 Å². The predicted octanol–water partition coefficient (Wildman–Crippen LogP) is 3.68. The molecule has 0 aromatic heterocycles. The molecule has 0 radical (unpaired) electrons. The third-order valence-electron chi connectivity index (χ3n) is 3.11. The highest BCUT2D eigenvalue weighted by atomic mass is 127. The molecular weight excluding hydrogens is 412 g/mol. The third-order valence-corrected chi connectivity index (χ3v) is 4.34. The van der Waals surface area contributed by atoms with Gasteiger partial charge in [-0.15, -0.1) is 24.0 Å². The van der Waals surface area contributed by atoms with Crippen molar-refractivity contribution in [3.63, 3.8) is 0 Å². The van der Waals surface area contributed by atoms with Gasteiger partial charge in [-0.3, -0.25) is 4.99 Å². The van der Waals surface area contributed by atoms with Crippen molar-refractivity contribution < 1.29 is 4.39 Å². The molecule has 0 atom stereocenters. The van der Waals surface area contributed by atoms with Gasteiger partial charge in [-0.05, 0) is 51.1 Å². The topological polar surface area (TPSA) is 36.4 Å². The number of nitrogens with one attached hydrogen (secondary N) is 2. The van der Waals surface area contributed by atoms with E-state index < -0.39 is 0 Å². The number of guanidine groups is 1. The second-order valence-corrected chi connectivity index (χ2v) is 6.98. The molecule has 0 saturated heterocycles. The van der Waals surface area contributed by atoms with Crippen LogP contribution in [0.2, 0.25) is 0 Å². The molecule has 22 heavy (non-hydrogen) atoms. The Kier molecular flexibility index (Phi) is 10.8. The Morgan fingerprint density at radius 3 is 2.64 bits per heavy atom. The Hall–Kier alpha value is -0.500. The van der Waals surface area contributed by atoms with Crippen LogP contribution in [-0.4, -0.2) is 36.6 Å². The molecule has 0 fully saturated rings. The summed E-state index contributed by atoms with van der Waals surface area (Å²) >= 11 is 1.81. The molecule has 0 amide bonds. The first-order valence-corrected chi connectivity index (χ1v) is 8.51. The lowest BCUT2D eigenvalue weighted by atomic mass is 10.1. The molecule has 0 unspecified atom stereocenters. The molecule has 1 rings (SSSR count). The van der Waals surface area contributed by atoms with E-state index in [1.165, 1.54) is 6.07 Å². The molecule has 0 aliphatic heterocycles. The van der Waals surface area contributed by atoms with Gasteiger partial charge in [0.15, 0.2) is 5.96 Å². The van der Waals surface area contributed by atoms with E-state index in [9.17, 15) is 4.39 Å². The van der Waals surface area contributed by atoms with Gasteiger partial charge in [0, 0.05) is 17.8 Å². The molecule has 0 bridgehead atoms. The number of aliphatic imine (C=N–C) groups is 1. The van der Waals surface area contributed by atoms with Crippen molar-refractivity contribution in [2.24, 2.45) is 4.99 Å². The van der Waals surface area contributed by atoms with Crippen LogP contribution in [0.4, 0.5) is 4.39 Å². The summed E-state index contributed by atoms with van der Waals surface area (Å²) in [6.07, 6.45) is 2.87. The van der Waals surface area contributed by atoms with Crippen molar-refractivity contribution >= 4 is 41.7 Å². The van der Waals surface area contributed by atoms with Crippen LogP contribution in [-0.2, 0) is 6.42 Å². The van der Waals surface area contributed by atoms with Crippen molar-refractivity contribution in [1.82, 2.24) is 10.6 Å². The summed E-state index contributed by atoms with van der Waals surface area (Å²) in [7, 11) is 0. The number of nitrogens with zero attached hydrogens (tertiary/aromatic N) is 1. The molecule has 0 aliphatic rings. The lowest BCUT2D eigenvalue weighted by molar-refractivity contribution is 0.625. The van der Waals surface area contributed by atoms with Gasteiger partial charge in [-0.25, -0.2) is 4.39 Å².